The molecule has 2 saturated heterocycles. The van der Waals surface area contributed by atoms with E-state index in [1.54, 1.807) is 32.6 Å². The maximum atomic E-state index is 13.5. The molecule has 0 saturated carbocycles. The second kappa shape index (κ2) is 25.2. The second-order valence-electron chi connectivity index (χ2n) is 21.2. The summed E-state index contributed by atoms with van der Waals surface area (Å²) in [4.78, 5) is 70.0. The molecular formula is C65H63N15O3S2. The van der Waals surface area contributed by atoms with Gasteiger partial charge in [0.2, 0.25) is 5.95 Å². The average molecular weight is 1170 g/mol. The standard InChI is InChI=1S/C34H37N7O.C19H16N4OS.C12H10N4OS/c1-38-20-16-34(17-21-38)18-22-39(23-19-34)28-14-12-27(13-15-28)36-33-35-24-30-31(37-33)41(29-10-6-3-7-11-29)40(32(30)42)25-26-8-4-2-5-9-26;1-25-19-20-12-16-17(21-19)23(15-10-6-3-7-11-15)22(18(16)24)13-14-8-4-2-5-9-14;1-18-12-13-7-9-10(14-12)16(15-11(9)17)8-5-3-2-4-6-8/h2-15,24H,16-23,25H2,1H3,(H,35,36,37);2-12H,13H2,1H3;2-7H,1H3,(H,15,17). The van der Waals surface area contributed by atoms with Crippen LogP contribution in [0.2, 0.25) is 0 Å². The van der Waals surface area contributed by atoms with Gasteiger partial charge < -0.3 is 15.1 Å². The fourth-order valence-electron chi connectivity index (χ4n) is 11.1. The molecule has 85 heavy (non-hydrogen) atoms. The second-order valence-corrected chi connectivity index (χ2v) is 22.7. The van der Waals surface area contributed by atoms with E-state index >= 15 is 0 Å². The van der Waals surface area contributed by atoms with Gasteiger partial charge in [-0.3, -0.25) is 19.5 Å². The summed E-state index contributed by atoms with van der Waals surface area (Å²) in [6.45, 7) is 5.60. The smallest absolute Gasteiger partial charge is 0.278 e. The van der Waals surface area contributed by atoms with Crippen molar-refractivity contribution in [2.75, 3.05) is 56.0 Å². The molecular weight excluding hydrogens is 1100 g/mol. The fourth-order valence-corrected chi connectivity index (χ4v) is 11.8. The van der Waals surface area contributed by atoms with E-state index in [-0.39, 0.29) is 16.7 Å². The van der Waals surface area contributed by atoms with Crippen LogP contribution in [0.5, 0.6) is 0 Å². The zero-order valence-corrected chi connectivity index (χ0v) is 49.0. The highest BCUT2D eigenvalue weighted by molar-refractivity contribution is 7.98. The summed E-state index contributed by atoms with van der Waals surface area (Å²) in [5, 5.41) is 8.94. The van der Waals surface area contributed by atoms with Crippen LogP contribution in [0.15, 0.2) is 219 Å². The molecule has 0 atom stereocenters. The number of aromatic nitrogens is 12. The first-order valence-electron chi connectivity index (χ1n) is 28.2. The Morgan fingerprint density at radius 2 is 0.918 bits per heavy atom. The predicted octanol–water partition coefficient (Wildman–Crippen LogP) is 10.9. The number of rotatable bonds is 12. The predicted molar refractivity (Wildman–Crippen MR) is 341 cm³/mol. The number of anilines is 3. The number of hydrogen-bond acceptors (Lipinski definition) is 14. The molecule has 0 aliphatic carbocycles. The highest BCUT2D eigenvalue weighted by Crippen LogP contribution is 2.42. The summed E-state index contributed by atoms with van der Waals surface area (Å²) < 4.78 is 8.91. The van der Waals surface area contributed by atoms with Crippen molar-refractivity contribution in [3.8, 4) is 17.1 Å². The molecule has 12 aromatic rings. The Hall–Kier alpha value is -9.37. The summed E-state index contributed by atoms with van der Waals surface area (Å²) in [5.41, 5.74) is 8.89. The molecule has 6 aromatic carbocycles. The molecule has 428 valence electrons. The van der Waals surface area contributed by atoms with Gasteiger partial charge in [-0.25, -0.2) is 48.3 Å². The minimum Gasteiger partial charge on any atom is -0.371 e. The van der Waals surface area contributed by atoms with Crippen LogP contribution in [-0.4, -0.2) is 109 Å². The van der Waals surface area contributed by atoms with Crippen LogP contribution in [0, 0.1) is 5.41 Å². The van der Waals surface area contributed by atoms with Crippen molar-refractivity contribution in [1.29, 1.82) is 0 Å². The zero-order valence-electron chi connectivity index (χ0n) is 47.4. The van der Waals surface area contributed by atoms with Crippen molar-refractivity contribution in [1.82, 2.24) is 63.3 Å². The summed E-state index contributed by atoms with van der Waals surface area (Å²) in [6, 6.07) is 57.8. The Morgan fingerprint density at radius 1 is 0.482 bits per heavy atom. The minimum atomic E-state index is -0.179. The SMILES string of the molecule is CN1CCC2(CC1)CCN(c1ccc(Nc3ncc4c(=O)n(Cc5ccccc5)n(-c5ccccc5)c4n3)cc1)CC2.CSc1ncc2c(=O)[nH]n(-c3ccccc3)c2n1.CSc1ncc2c(=O)n(Cc3ccccc3)n(-c3ccccc3)c2n1. The van der Waals surface area contributed by atoms with Crippen LogP contribution in [0.1, 0.15) is 36.8 Å². The number of aromatic amines is 1. The number of benzene rings is 6. The van der Waals surface area contributed by atoms with Crippen LogP contribution in [0.25, 0.3) is 50.2 Å². The quantitative estimate of drug-likeness (QED) is 0.0869. The lowest BCUT2D eigenvalue weighted by Crippen LogP contribution is -2.46. The number of para-hydroxylation sites is 3. The highest BCUT2D eigenvalue weighted by atomic mass is 32.2. The third-order valence-corrected chi connectivity index (χ3v) is 17.0. The molecule has 6 aromatic heterocycles. The molecule has 14 rings (SSSR count). The zero-order chi connectivity index (χ0) is 58.3. The van der Waals surface area contributed by atoms with Crippen molar-refractivity contribution >= 4 is 73.9 Å². The Balaban J connectivity index is 0.000000139. The molecule has 2 aliphatic rings. The van der Waals surface area contributed by atoms with E-state index in [1.807, 2.05) is 174 Å². The molecule has 1 spiro atoms. The van der Waals surface area contributed by atoms with E-state index in [0.29, 0.717) is 67.9 Å². The molecule has 0 unspecified atom stereocenters. The summed E-state index contributed by atoms with van der Waals surface area (Å²) >= 11 is 2.91. The topological polar surface area (TPSA) is 188 Å². The summed E-state index contributed by atoms with van der Waals surface area (Å²) in [5.74, 6) is 0.457. The number of hydrogen-bond donors (Lipinski definition) is 2. The maximum Gasteiger partial charge on any atom is 0.278 e. The first kappa shape index (κ1) is 56.1. The third-order valence-electron chi connectivity index (χ3n) is 15.8. The molecule has 2 N–H and O–H groups in total. The summed E-state index contributed by atoms with van der Waals surface area (Å²) in [7, 11) is 2.24. The monoisotopic (exact) mass is 1170 g/mol. The van der Waals surface area contributed by atoms with Crippen LogP contribution in [-0.2, 0) is 13.1 Å². The number of piperidine rings is 2. The molecule has 0 bridgehead atoms. The van der Waals surface area contributed by atoms with Crippen molar-refractivity contribution in [2.45, 2.75) is 49.1 Å². The number of H-pyrrole nitrogens is 1. The van der Waals surface area contributed by atoms with E-state index in [9.17, 15) is 14.4 Å². The van der Waals surface area contributed by atoms with E-state index in [4.69, 9.17) is 4.98 Å². The Kier molecular flexibility index (Phi) is 16.7. The number of nitrogens with one attached hydrogen (secondary N) is 2. The van der Waals surface area contributed by atoms with Gasteiger partial charge in [0.1, 0.15) is 16.2 Å². The first-order chi connectivity index (χ1) is 41.6. The van der Waals surface area contributed by atoms with Gasteiger partial charge in [0.05, 0.1) is 30.2 Å². The lowest BCUT2D eigenvalue weighted by atomic mass is 9.71. The van der Waals surface area contributed by atoms with Gasteiger partial charge in [0.25, 0.3) is 16.7 Å². The lowest BCUT2D eigenvalue weighted by Gasteiger charge is -2.46. The van der Waals surface area contributed by atoms with E-state index in [2.05, 4.69) is 76.4 Å². The van der Waals surface area contributed by atoms with Gasteiger partial charge in [0.15, 0.2) is 27.3 Å². The lowest BCUT2D eigenvalue weighted by molar-refractivity contribution is 0.0945. The van der Waals surface area contributed by atoms with Gasteiger partial charge in [0, 0.05) is 43.1 Å². The van der Waals surface area contributed by atoms with E-state index in [0.717, 1.165) is 47.0 Å². The molecule has 2 aliphatic heterocycles. The number of thioether (sulfide) groups is 2. The minimum absolute atomic E-state index is 0.0876. The molecule has 18 nitrogen and oxygen atoms in total. The van der Waals surface area contributed by atoms with Crippen LogP contribution in [0.4, 0.5) is 17.3 Å². The number of likely N-dealkylation sites (tertiary alicyclic amines) is 1. The normalized spacial score (nSPS) is 14.0. The molecule has 0 amide bonds. The van der Waals surface area contributed by atoms with Gasteiger partial charge in [-0.1, -0.05) is 139 Å². The van der Waals surface area contributed by atoms with Crippen molar-refractivity contribution in [3.05, 3.63) is 237 Å². The van der Waals surface area contributed by atoms with Gasteiger partial charge in [-0.15, -0.1) is 0 Å². The van der Waals surface area contributed by atoms with Gasteiger partial charge in [-0.05, 0) is 136 Å². The van der Waals surface area contributed by atoms with Crippen LogP contribution >= 0.6 is 23.5 Å². The van der Waals surface area contributed by atoms with E-state index in [1.165, 1.54) is 68.0 Å². The third kappa shape index (κ3) is 12.2. The maximum absolute atomic E-state index is 13.5. The highest BCUT2D eigenvalue weighted by Gasteiger charge is 2.37. The van der Waals surface area contributed by atoms with Crippen molar-refractivity contribution < 1.29 is 0 Å². The number of nitrogens with zero attached hydrogens (tertiary/aromatic N) is 13. The van der Waals surface area contributed by atoms with Crippen molar-refractivity contribution in [3.63, 3.8) is 0 Å². The van der Waals surface area contributed by atoms with Crippen LogP contribution in [0.3, 0.4) is 0 Å². The Morgan fingerprint density at radius 3 is 1.42 bits per heavy atom. The molecule has 20 heteroatoms. The van der Waals surface area contributed by atoms with Crippen molar-refractivity contribution in [2.24, 2.45) is 5.41 Å². The largest absolute Gasteiger partial charge is 0.371 e. The number of fused-ring (bicyclic) bond motifs is 3. The Labute approximate surface area is 498 Å². The molecule has 0 radical (unpaired) electrons. The van der Waals surface area contributed by atoms with Gasteiger partial charge >= 0.3 is 0 Å². The molecule has 8 heterocycles. The van der Waals surface area contributed by atoms with Crippen LogP contribution < -0.4 is 26.9 Å². The summed E-state index contributed by atoms with van der Waals surface area (Å²) in [6.07, 6.45) is 13.9. The van der Waals surface area contributed by atoms with E-state index < -0.39 is 0 Å². The fraction of sp³-hybridized carbons (Fsp3) is 0.215. The first-order valence-corrected chi connectivity index (χ1v) is 30.7. The average Bonchev–Trinajstić information content (AvgIpc) is 2.48. The Bertz CT molecular complexity index is 4400. The molecule has 2 fully saturated rings. The van der Waals surface area contributed by atoms with Gasteiger partial charge in [-0.2, -0.15) is 4.98 Å².